The van der Waals surface area contributed by atoms with Crippen molar-refractivity contribution in [3.8, 4) is 0 Å². The zero-order valence-corrected chi connectivity index (χ0v) is 7.72. The quantitative estimate of drug-likeness (QED) is 0.557. The number of carbonyl (C=O) groups excluding carboxylic acids is 2. The van der Waals surface area contributed by atoms with Gasteiger partial charge in [0.05, 0.1) is 6.54 Å². The number of hydrogen-bond acceptors (Lipinski definition) is 2. The lowest BCUT2D eigenvalue weighted by Gasteiger charge is -2.05. The molecule has 0 unspecified atom stereocenters. The number of likely N-dealkylation sites (N-methyl/N-ethyl adjacent to an activating group) is 1. The van der Waals surface area contributed by atoms with Gasteiger partial charge in [0.15, 0.2) is 0 Å². The molecule has 1 aliphatic carbocycles. The molecule has 0 spiro atoms. The highest BCUT2D eigenvalue weighted by atomic mass is 16.2. The second-order valence-electron chi connectivity index (χ2n) is 3.05. The predicted octanol–water partition coefficient (Wildman–Crippen LogP) is -0.416. The summed E-state index contributed by atoms with van der Waals surface area (Å²) in [6, 6.07) is 0.0722. The Morgan fingerprint density at radius 2 is 2.00 bits per heavy atom. The maximum Gasteiger partial charge on any atom is 0.315 e. The van der Waals surface area contributed by atoms with Gasteiger partial charge in [-0.1, -0.05) is 0 Å². The fourth-order valence-corrected chi connectivity index (χ4v) is 0.884. The van der Waals surface area contributed by atoms with Gasteiger partial charge in [-0.2, -0.15) is 0 Å². The Morgan fingerprint density at radius 1 is 1.31 bits per heavy atom. The largest absolute Gasteiger partial charge is 0.355 e. The Morgan fingerprint density at radius 3 is 2.54 bits per heavy atom. The molecule has 74 valence electrons. The first kappa shape index (κ1) is 9.83. The summed E-state index contributed by atoms with van der Waals surface area (Å²) in [5.74, 6) is -0.159. The van der Waals surface area contributed by atoms with Gasteiger partial charge in [0.1, 0.15) is 0 Å². The first-order chi connectivity index (χ1) is 6.22. The molecular weight excluding hydrogens is 170 g/mol. The molecule has 1 rings (SSSR count). The third kappa shape index (κ3) is 4.35. The fraction of sp³-hybridized carbons (Fsp3) is 0.750. The molecule has 0 heterocycles. The van der Waals surface area contributed by atoms with E-state index < -0.39 is 0 Å². The number of carbonyl (C=O) groups is 2. The van der Waals surface area contributed by atoms with Gasteiger partial charge in [0.2, 0.25) is 5.91 Å². The van der Waals surface area contributed by atoms with Crippen LogP contribution in [0.15, 0.2) is 0 Å². The molecule has 0 aromatic rings. The van der Waals surface area contributed by atoms with E-state index in [0.717, 1.165) is 12.8 Å². The summed E-state index contributed by atoms with van der Waals surface area (Å²) in [5.41, 5.74) is 0. The minimum Gasteiger partial charge on any atom is -0.355 e. The molecule has 0 atom stereocenters. The average molecular weight is 185 g/mol. The Balaban J connectivity index is 2.02. The topological polar surface area (TPSA) is 70.2 Å². The van der Waals surface area contributed by atoms with Gasteiger partial charge < -0.3 is 16.0 Å². The summed E-state index contributed by atoms with van der Waals surface area (Å²) in [4.78, 5) is 21.9. The van der Waals surface area contributed by atoms with Crippen molar-refractivity contribution in [2.75, 3.05) is 13.1 Å². The summed E-state index contributed by atoms with van der Waals surface area (Å²) in [6.45, 7) is 2.47. The monoisotopic (exact) mass is 185 g/mol. The van der Waals surface area contributed by atoms with Crippen LogP contribution in [0.5, 0.6) is 0 Å². The summed E-state index contributed by atoms with van der Waals surface area (Å²) in [6.07, 6.45) is 2.10. The summed E-state index contributed by atoms with van der Waals surface area (Å²) in [5, 5.41) is 7.79. The Labute approximate surface area is 77.3 Å². The lowest BCUT2D eigenvalue weighted by Crippen LogP contribution is -2.42. The first-order valence-electron chi connectivity index (χ1n) is 4.53. The van der Waals surface area contributed by atoms with Gasteiger partial charge in [-0.3, -0.25) is 4.79 Å². The molecule has 1 fully saturated rings. The fourth-order valence-electron chi connectivity index (χ4n) is 0.884. The van der Waals surface area contributed by atoms with Crippen LogP contribution in [0.3, 0.4) is 0 Å². The van der Waals surface area contributed by atoms with E-state index in [1.807, 2.05) is 6.92 Å². The smallest absolute Gasteiger partial charge is 0.315 e. The lowest BCUT2D eigenvalue weighted by molar-refractivity contribution is -0.119. The Bertz CT molecular complexity index is 202. The number of amides is 3. The highest BCUT2D eigenvalue weighted by molar-refractivity contribution is 5.83. The van der Waals surface area contributed by atoms with E-state index in [2.05, 4.69) is 16.0 Å². The third-order valence-electron chi connectivity index (χ3n) is 1.70. The van der Waals surface area contributed by atoms with Gasteiger partial charge in [0, 0.05) is 12.6 Å². The molecule has 3 N–H and O–H groups in total. The molecule has 0 bridgehead atoms. The number of hydrogen-bond donors (Lipinski definition) is 3. The van der Waals surface area contributed by atoms with Crippen molar-refractivity contribution in [3.05, 3.63) is 0 Å². The number of urea groups is 1. The molecular formula is C8H15N3O2. The SMILES string of the molecule is CCNC(=O)CNC(=O)NC1CC1. The maximum atomic E-state index is 11.0. The van der Waals surface area contributed by atoms with Gasteiger partial charge in [0.25, 0.3) is 0 Å². The molecule has 0 aliphatic heterocycles. The molecule has 1 saturated carbocycles. The normalized spacial score (nSPS) is 14.8. The molecule has 1 aliphatic rings. The van der Waals surface area contributed by atoms with Crippen LogP contribution in [-0.2, 0) is 4.79 Å². The molecule has 3 amide bonds. The highest BCUT2D eigenvalue weighted by Gasteiger charge is 2.23. The van der Waals surface area contributed by atoms with Gasteiger partial charge in [-0.25, -0.2) is 4.79 Å². The summed E-state index contributed by atoms with van der Waals surface area (Å²) >= 11 is 0. The Hall–Kier alpha value is -1.26. The van der Waals surface area contributed by atoms with E-state index in [0.29, 0.717) is 12.6 Å². The van der Waals surface area contributed by atoms with Crippen molar-refractivity contribution < 1.29 is 9.59 Å². The molecule has 0 saturated heterocycles. The van der Waals surface area contributed by atoms with Crippen molar-refractivity contribution in [2.45, 2.75) is 25.8 Å². The minimum absolute atomic E-state index is 0.0480. The second-order valence-corrected chi connectivity index (χ2v) is 3.05. The van der Waals surface area contributed by atoms with Crippen LogP contribution in [-0.4, -0.2) is 31.1 Å². The standard InChI is InChI=1S/C8H15N3O2/c1-2-9-7(12)5-10-8(13)11-6-3-4-6/h6H,2-5H2,1H3,(H,9,12)(H2,10,11,13). The Kier molecular flexibility index (Phi) is 3.54. The molecule has 0 radical (unpaired) electrons. The van der Waals surface area contributed by atoms with E-state index in [4.69, 9.17) is 0 Å². The van der Waals surface area contributed by atoms with Crippen molar-refractivity contribution in [1.29, 1.82) is 0 Å². The van der Waals surface area contributed by atoms with Crippen molar-refractivity contribution >= 4 is 11.9 Å². The molecule has 5 heteroatoms. The predicted molar refractivity (Wildman–Crippen MR) is 48.2 cm³/mol. The van der Waals surface area contributed by atoms with E-state index in [-0.39, 0.29) is 18.5 Å². The molecule has 5 nitrogen and oxygen atoms in total. The minimum atomic E-state index is -0.256. The highest BCUT2D eigenvalue weighted by Crippen LogP contribution is 2.17. The van der Waals surface area contributed by atoms with Crippen LogP contribution in [0.25, 0.3) is 0 Å². The van der Waals surface area contributed by atoms with Crippen LogP contribution < -0.4 is 16.0 Å². The van der Waals surface area contributed by atoms with Crippen LogP contribution >= 0.6 is 0 Å². The zero-order valence-electron chi connectivity index (χ0n) is 7.72. The maximum absolute atomic E-state index is 11.0. The van der Waals surface area contributed by atoms with E-state index >= 15 is 0 Å². The van der Waals surface area contributed by atoms with E-state index in [1.54, 1.807) is 0 Å². The zero-order chi connectivity index (χ0) is 9.68. The van der Waals surface area contributed by atoms with Crippen LogP contribution in [0.1, 0.15) is 19.8 Å². The van der Waals surface area contributed by atoms with Crippen molar-refractivity contribution in [3.63, 3.8) is 0 Å². The molecule has 0 aromatic heterocycles. The van der Waals surface area contributed by atoms with Gasteiger partial charge >= 0.3 is 6.03 Å². The van der Waals surface area contributed by atoms with Crippen molar-refractivity contribution in [1.82, 2.24) is 16.0 Å². The van der Waals surface area contributed by atoms with Gasteiger partial charge in [-0.15, -0.1) is 0 Å². The summed E-state index contributed by atoms with van der Waals surface area (Å²) < 4.78 is 0. The molecule has 0 aromatic carbocycles. The van der Waals surface area contributed by atoms with E-state index in [9.17, 15) is 9.59 Å². The second kappa shape index (κ2) is 4.69. The lowest BCUT2D eigenvalue weighted by atomic mass is 10.5. The first-order valence-corrected chi connectivity index (χ1v) is 4.53. The third-order valence-corrected chi connectivity index (χ3v) is 1.70. The van der Waals surface area contributed by atoms with Crippen LogP contribution in [0.4, 0.5) is 4.79 Å². The summed E-state index contributed by atoms with van der Waals surface area (Å²) in [7, 11) is 0. The van der Waals surface area contributed by atoms with Gasteiger partial charge in [-0.05, 0) is 19.8 Å². The van der Waals surface area contributed by atoms with E-state index in [1.165, 1.54) is 0 Å². The van der Waals surface area contributed by atoms with Crippen LogP contribution in [0, 0.1) is 0 Å². The van der Waals surface area contributed by atoms with Crippen LogP contribution in [0.2, 0.25) is 0 Å². The number of rotatable bonds is 4. The molecule has 13 heavy (non-hydrogen) atoms. The average Bonchev–Trinajstić information content (AvgIpc) is 2.85. The number of nitrogens with one attached hydrogen (secondary N) is 3. The van der Waals surface area contributed by atoms with Crippen molar-refractivity contribution in [2.24, 2.45) is 0 Å².